The highest BCUT2D eigenvalue weighted by Gasteiger charge is 2.17. The van der Waals surface area contributed by atoms with Crippen LogP contribution in [0.5, 0.6) is 5.75 Å². The lowest BCUT2D eigenvalue weighted by Crippen LogP contribution is -2.38. The number of hydrogen-bond donors (Lipinski definition) is 1. The van der Waals surface area contributed by atoms with Gasteiger partial charge in [-0.1, -0.05) is 29.8 Å². The molecule has 1 aromatic rings. The molecule has 0 radical (unpaired) electrons. The molecule has 0 heterocycles. The molecule has 0 aliphatic rings. The van der Waals surface area contributed by atoms with Crippen LogP contribution in [0.15, 0.2) is 28.7 Å². The molecule has 0 fully saturated rings. The second-order valence-corrected chi connectivity index (χ2v) is 6.80. The van der Waals surface area contributed by atoms with Crippen molar-refractivity contribution in [2.24, 2.45) is 5.41 Å². The molecule has 0 aliphatic heterocycles. The fourth-order valence-electron chi connectivity index (χ4n) is 2.11. The normalized spacial score (nSPS) is 11.9. The van der Waals surface area contributed by atoms with E-state index in [9.17, 15) is 0 Å². The van der Waals surface area contributed by atoms with Gasteiger partial charge in [0, 0.05) is 24.1 Å². The fraction of sp³-hybridized carbons (Fsp3) is 0.600. The molecule has 0 bridgehead atoms. The van der Waals surface area contributed by atoms with E-state index in [1.807, 2.05) is 24.3 Å². The lowest BCUT2D eigenvalue weighted by Gasteiger charge is -2.28. The van der Waals surface area contributed by atoms with Gasteiger partial charge in [0.1, 0.15) is 12.4 Å². The molecule has 0 aliphatic carbocycles. The zero-order valence-corrected chi connectivity index (χ0v) is 14.0. The number of ether oxygens (including phenoxy) is 1. The average molecular weight is 329 g/mol. The highest BCUT2D eigenvalue weighted by Crippen LogP contribution is 2.16. The number of hydrogen-bond acceptors (Lipinski definition) is 3. The van der Waals surface area contributed by atoms with E-state index in [0.29, 0.717) is 6.61 Å². The summed E-state index contributed by atoms with van der Waals surface area (Å²) in [5.41, 5.74) is 0.279. The first-order valence-electron chi connectivity index (χ1n) is 6.63. The van der Waals surface area contributed by atoms with Crippen LogP contribution < -0.4 is 10.1 Å². The van der Waals surface area contributed by atoms with Crippen molar-refractivity contribution >= 4 is 15.9 Å². The summed E-state index contributed by atoms with van der Waals surface area (Å²) in [5.74, 6) is 0.914. The Balaban J connectivity index is 2.16. The highest BCUT2D eigenvalue weighted by atomic mass is 79.9. The Kier molecular flexibility index (Phi) is 6.83. The Labute approximate surface area is 125 Å². The zero-order valence-electron chi connectivity index (χ0n) is 12.4. The molecule has 0 atom stereocenters. The lowest BCUT2D eigenvalue weighted by atomic mass is 9.93. The van der Waals surface area contributed by atoms with Crippen LogP contribution in [0.4, 0.5) is 0 Å². The Morgan fingerprint density at radius 2 is 1.84 bits per heavy atom. The summed E-state index contributed by atoms with van der Waals surface area (Å²) in [4.78, 5) is 2.22. The summed E-state index contributed by atoms with van der Waals surface area (Å²) in [5, 5.41) is 3.45. The van der Waals surface area contributed by atoms with Gasteiger partial charge < -0.3 is 15.0 Å². The molecule has 0 spiro atoms. The Morgan fingerprint density at radius 3 is 2.42 bits per heavy atom. The fourth-order valence-corrected chi connectivity index (χ4v) is 2.37. The van der Waals surface area contributed by atoms with Crippen molar-refractivity contribution < 1.29 is 4.74 Å². The van der Waals surface area contributed by atoms with Crippen LogP contribution in [0, 0.1) is 5.41 Å². The van der Waals surface area contributed by atoms with Crippen LogP contribution in [0.1, 0.15) is 13.8 Å². The molecular weight excluding hydrogens is 304 g/mol. The predicted octanol–water partition coefficient (Wildman–Crippen LogP) is 3.01. The number of rotatable bonds is 8. The molecule has 1 N–H and O–H groups in total. The molecule has 1 rings (SSSR count). The topological polar surface area (TPSA) is 24.5 Å². The van der Waals surface area contributed by atoms with E-state index in [1.54, 1.807) is 0 Å². The molecule has 0 amide bonds. The summed E-state index contributed by atoms with van der Waals surface area (Å²) in [6.45, 7) is 8.18. The van der Waals surface area contributed by atoms with Gasteiger partial charge in [-0.25, -0.2) is 0 Å². The lowest BCUT2D eigenvalue weighted by molar-refractivity contribution is 0.225. The molecule has 1 aromatic carbocycles. The number of halogens is 1. The molecule has 4 heteroatoms. The first kappa shape index (κ1) is 16.5. The molecule has 0 aromatic heterocycles. The van der Waals surface area contributed by atoms with Gasteiger partial charge in [0.05, 0.1) is 0 Å². The summed E-state index contributed by atoms with van der Waals surface area (Å²) in [6, 6.07) is 7.92. The van der Waals surface area contributed by atoms with E-state index in [2.05, 4.69) is 54.1 Å². The van der Waals surface area contributed by atoms with Crippen molar-refractivity contribution in [1.82, 2.24) is 10.2 Å². The van der Waals surface area contributed by atoms with Gasteiger partial charge >= 0.3 is 0 Å². The van der Waals surface area contributed by atoms with Gasteiger partial charge in [-0.3, -0.25) is 0 Å². The first-order chi connectivity index (χ1) is 8.89. The van der Waals surface area contributed by atoms with Gasteiger partial charge in [-0.05, 0) is 43.8 Å². The Hall–Kier alpha value is -0.580. The van der Waals surface area contributed by atoms with Crippen LogP contribution in [0.2, 0.25) is 0 Å². The summed E-state index contributed by atoms with van der Waals surface area (Å²) in [7, 11) is 4.22. The average Bonchev–Trinajstić information content (AvgIpc) is 2.29. The maximum atomic E-state index is 5.66. The van der Waals surface area contributed by atoms with Crippen molar-refractivity contribution in [3.8, 4) is 5.75 Å². The van der Waals surface area contributed by atoms with E-state index >= 15 is 0 Å². The smallest absolute Gasteiger partial charge is 0.119 e. The summed E-state index contributed by atoms with van der Waals surface area (Å²) >= 11 is 3.41. The molecule has 108 valence electrons. The highest BCUT2D eigenvalue weighted by molar-refractivity contribution is 9.10. The van der Waals surface area contributed by atoms with Gasteiger partial charge in [0.25, 0.3) is 0 Å². The molecular formula is C15H25BrN2O. The van der Waals surface area contributed by atoms with Crippen molar-refractivity contribution in [2.45, 2.75) is 13.8 Å². The minimum atomic E-state index is 0.279. The quantitative estimate of drug-likeness (QED) is 0.742. The van der Waals surface area contributed by atoms with Crippen molar-refractivity contribution in [3.05, 3.63) is 28.7 Å². The second kappa shape index (κ2) is 7.88. The monoisotopic (exact) mass is 328 g/mol. The number of benzene rings is 1. The maximum absolute atomic E-state index is 5.66. The largest absolute Gasteiger partial charge is 0.492 e. The van der Waals surface area contributed by atoms with E-state index in [0.717, 1.165) is 29.9 Å². The van der Waals surface area contributed by atoms with E-state index < -0.39 is 0 Å². The Bertz CT molecular complexity index is 363. The SMILES string of the molecule is CN(C)CC(C)(C)CNCCOc1ccc(Br)cc1. The second-order valence-electron chi connectivity index (χ2n) is 5.88. The van der Waals surface area contributed by atoms with Gasteiger partial charge in [0.2, 0.25) is 0 Å². The Morgan fingerprint density at radius 1 is 1.21 bits per heavy atom. The zero-order chi connectivity index (χ0) is 14.3. The summed E-state index contributed by atoms with van der Waals surface area (Å²) < 4.78 is 6.74. The van der Waals surface area contributed by atoms with E-state index in [1.165, 1.54) is 0 Å². The third-order valence-corrected chi connectivity index (χ3v) is 3.24. The van der Waals surface area contributed by atoms with Gasteiger partial charge in [0.15, 0.2) is 0 Å². The summed E-state index contributed by atoms with van der Waals surface area (Å²) in [6.07, 6.45) is 0. The van der Waals surface area contributed by atoms with Crippen LogP contribution in [-0.2, 0) is 0 Å². The molecule has 19 heavy (non-hydrogen) atoms. The van der Waals surface area contributed by atoms with Crippen molar-refractivity contribution in [3.63, 3.8) is 0 Å². The third-order valence-electron chi connectivity index (χ3n) is 2.71. The van der Waals surface area contributed by atoms with Crippen molar-refractivity contribution in [2.75, 3.05) is 40.3 Å². The van der Waals surface area contributed by atoms with Crippen LogP contribution in [-0.4, -0.2) is 45.2 Å². The molecule has 3 nitrogen and oxygen atoms in total. The van der Waals surface area contributed by atoms with Crippen LogP contribution in [0.25, 0.3) is 0 Å². The molecule has 0 saturated carbocycles. The third kappa shape index (κ3) is 7.55. The standard InChI is InChI=1S/C15H25BrN2O/c1-15(2,12-18(3)4)11-17-9-10-19-14-7-5-13(16)6-8-14/h5-8,17H,9-12H2,1-4H3. The molecule has 0 unspecified atom stereocenters. The maximum Gasteiger partial charge on any atom is 0.119 e. The minimum absolute atomic E-state index is 0.279. The number of nitrogens with zero attached hydrogens (tertiary/aromatic N) is 1. The first-order valence-corrected chi connectivity index (χ1v) is 7.42. The van der Waals surface area contributed by atoms with Gasteiger partial charge in [-0.2, -0.15) is 0 Å². The van der Waals surface area contributed by atoms with E-state index in [4.69, 9.17) is 4.74 Å². The van der Waals surface area contributed by atoms with Crippen LogP contribution >= 0.6 is 15.9 Å². The number of nitrogens with one attached hydrogen (secondary N) is 1. The van der Waals surface area contributed by atoms with Crippen LogP contribution in [0.3, 0.4) is 0 Å². The predicted molar refractivity (Wildman–Crippen MR) is 84.8 cm³/mol. The minimum Gasteiger partial charge on any atom is -0.492 e. The van der Waals surface area contributed by atoms with E-state index in [-0.39, 0.29) is 5.41 Å². The van der Waals surface area contributed by atoms with Crippen molar-refractivity contribution in [1.29, 1.82) is 0 Å². The molecule has 0 saturated heterocycles. The van der Waals surface area contributed by atoms with Gasteiger partial charge in [-0.15, -0.1) is 0 Å².